The molecule has 2 aliphatic heterocycles. The zero-order chi connectivity index (χ0) is 16.4. The maximum absolute atomic E-state index is 12.1. The van der Waals surface area contributed by atoms with Gasteiger partial charge in [-0.1, -0.05) is 42.5 Å². The van der Waals surface area contributed by atoms with Crippen LogP contribution in [0.3, 0.4) is 0 Å². The summed E-state index contributed by atoms with van der Waals surface area (Å²) in [6.07, 6.45) is 4.17. The van der Waals surface area contributed by atoms with Crippen molar-refractivity contribution in [3.05, 3.63) is 42.0 Å². The van der Waals surface area contributed by atoms with Crippen molar-refractivity contribution in [3.63, 3.8) is 0 Å². The second kappa shape index (κ2) is 6.54. The molecule has 2 heterocycles. The number of hydrogen-bond donors (Lipinski definition) is 0. The third-order valence-corrected chi connectivity index (χ3v) is 4.68. The maximum atomic E-state index is 12.1. The van der Waals surface area contributed by atoms with Crippen molar-refractivity contribution in [2.45, 2.75) is 18.6 Å². The van der Waals surface area contributed by atoms with Crippen molar-refractivity contribution >= 4 is 18.0 Å². The highest BCUT2D eigenvalue weighted by atomic mass is 16.6. The summed E-state index contributed by atoms with van der Waals surface area (Å²) in [4.78, 5) is 24.1. The molecule has 0 unspecified atom stereocenters. The van der Waals surface area contributed by atoms with E-state index < -0.39 is 23.8 Å². The second-order valence-electron chi connectivity index (χ2n) is 5.91. The zero-order valence-electron chi connectivity index (χ0n) is 13.2. The smallest absolute Gasteiger partial charge is 0.312 e. The van der Waals surface area contributed by atoms with Crippen LogP contribution in [0.5, 0.6) is 0 Å². The van der Waals surface area contributed by atoms with Gasteiger partial charge in [-0.3, -0.25) is 9.59 Å². The van der Waals surface area contributed by atoms with Gasteiger partial charge in [0.25, 0.3) is 0 Å². The number of benzene rings is 1. The number of fused-ring (bicyclic) bond motifs is 2. The van der Waals surface area contributed by atoms with Gasteiger partial charge >= 0.3 is 11.9 Å². The van der Waals surface area contributed by atoms with Crippen LogP contribution in [0.15, 0.2) is 36.4 Å². The molecule has 0 aliphatic carbocycles. The largest absolute Gasteiger partial charge is 0.469 e. The summed E-state index contributed by atoms with van der Waals surface area (Å²) in [5.74, 6) is -1.90. The summed E-state index contributed by atoms with van der Waals surface area (Å²) >= 11 is 0. The highest BCUT2D eigenvalue weighted by Gasteiger charge is 2.59. The molecule has 0 spiro atoms. The maximum Gasteiger partial charge on any atom is 0.312 e. The molecular weight excluding hydrogens is 296 g/mol. The lowest BCUT2D eigenvalue weighted by Crippen LogP contribution is -2.42. The first-order valence-electron chi connectivity index (χ1n) is 7.70. The summed E-state index contributed by atoms with van der Waals surface area (Å²) < 4.78 is 15.6. The first-order valence-corrected chi connectivity index (χ1v) is 7.70. The Morgan fingerprint density at radius 3 is 2.39 bits per heavy atom. The van der Waals surface area contributed by atoms with Crippen LogP contribution in [0.2, 0.25) is 0 Å². The average molecular weight is 316 g/mol. The molecule has 5 nitrogen and oxygen atoms in total. The third-order valence-electron chi connectivity index (χ3n) is 4.68. The van der Waals surface area contributed by atoms with Crippen LogP contribution in [0.25, 0.3) is 6.08 Å². The predicted octanol–water partition coefficient (Wildman–Crippen LogP) is 2.07. The molecule has 0 saturated carbocycles. The highest BCUT2D eigenvalue weighted by molar-refractivity contribution is 5.84. The fraction of sp³-hybridized carbons (Fsp3) is 0.444. The molecule has 23 heavy (non-hydrogen) atoms. The van der Waals surface area contributed by atoms with Gasteiger partial charge in [-0.15, -0.1) is 0 Å². The fourth-order valence-electron chi connectivity index (χ4n) is 3.62. The molecule has 3 rings (SSSR count). The second-order valence-corrected chi connectivity index (χ2v) is 5.91. The van der Waals surface area contributed by atoms with Gasteiger partial charge in [0.05, 0.1) is 38.3 Å². The lowest BCUT2D eigenvalue weighted by atomic mass is 9.73. The van der Waals surface area contributed by atoms with Crippen molar-refractivity contribution in [1.82, 2.24) is 0 Å². The topological polar surface area (TPSA) is 61.8 Å². The van der Waals surface area contributed by atoms with Crippen LogP contribution in [-0.4, -0.2) is 38.4 Å². The molecule has 1 aromatic rings. The molecule has 5 heteroatoms. The van der Waals surface area contributed by atoms with Gasteiger partial charge in [0.1, 0.15) is 0 Å². The van der Waals surface area contributed by atoms with Gasteiger partial charge < -0.3 is 14.2 Å². The number of esters is 2. The van der Waals surface area contributed by atoms with E-state index in [2.05, 4.69) is 6.08 Å². The number of carbonyl (C=O) groups excluding carboxylic acids is 2. The Labute approximate surface area is 135 Å². The van der Waals surface area contributed by atoms with E-state index in [4.69, 9.17) is 14.2 Å². The summed E-state index contributed by atoms with van der Waals surface area (Å²) in [5.41, 5.74) is 1.09. The lowest BCUT2D eigenvalue weighted by Gasteiger charge is -2.27. The first-order chi connectivity index (χ1) is 11.2. The molecule has 5 atom stereocenters. The summed E-state index contributed by atoms with van der Waals surface area (Å²) in [5, 5.41) is 0. The minimum Gasteiger partial charge on any atom is -0.469 e. The Balaban J connectivity index is 1.79. The van der Waals surface area contributed by atoms with Gasteiger partial charge in [-0.2, -0.15) is 0 Å². The monoisotopic (exact) mass is 316 g/mol. The molecule has 2 aliphatic rings. The minimum absolute atomic E-state index is 0.0882. The van der Waals surface area contributed by atoms with Crippen LogP contribution >= 0.6 is 0 Å². The SMILES string of the molecule is COC(=O)[C@H]1[C@H]2O[C@H](C[C@@H]2/C=C/c2ccccc2)[C@H]1C(=O)OC. The Hall–Kier alpha value is -2.14. The van der Waals surface area contributed by atoms with Crippen LogP contribution in [-0.2, 0) is 23.8 Å². The van der Waals surface area contributed by atoms with Crippen molar-refractivity contribution in [2.75, 3.05) is 14.2 Å². The molecular formula is C18H20O5. The van der Waals surface area contributed by atoms with Crippen molar-refractivity contribution in [3.8, 4) is 0 Å². The first kappa shape index (κ1) is 15.7. The van der Waals surface area contributed by atoms with Crippen LogP contribution in [0, 0.1) is 17.8 Å². The third kappa shape index (κ3) is 2.88. The standard InChI is InChI=1S/C18H20O5/c1-21-17(19)14-13-10-12(9-8-11-6-4-3-5-7-11)16(23-13)15(14)18(20)22-2/h3-9,12-16H,10H2,1-2H3/b9-8+/t12-,13+,14+,15+,16-/m0/s1. The Morgan fingerprint density at radius 1 is 1.09 bits per heavy atom. The quantitative estimate of drug-likeness (QED) is 0.796. The predicted molar refractivity (Wildman–Crippen MR) is 83.3 cm³/mol. The number of ether oxygens (including phenoxy) is 3. The van der Waals surface area contributed by atoms with Crippen LogP contribution in [0.1, 0.15) is 12.0 Å². The molecule has 1 aromatic carbocycles. The van der Waals surface area contributed by atoms with Crippen molar-refractivity contribution in [1.29, 1.82) is 0 Å². The molecule has 0 aromatic heterocycles. The number of rotatable bonds is 4. The highest BCUT2D eigenvalue weighted by Crippen LogP contribution is 2.48. The molecule has 0 radical (unpaired) electrons. The van der Waals surface area contributed by atoms with Crippen molar-refractivity contribution in [2.24, 2.45) is 17.8 Å². The van der Waals surface area contributed by atoms with Crippen molar-refractivity contribution < 1.29 is 23.8 Å². The summed E-state index contributed by atoms with van der Waals surface area (Å²) in [6, 6.07) is 9.94. The lowest BCUT2D eigenvalue weighted by molar-refractivity contribution is -0.158. The molecule has 122 valence electrons. The molecule has 0 N–H and O–H groups in total. The summed E-state index contributed by atoms with van der Waals surface area (Å²) in [6.45, 7) is 0. The van der Waals surface area contributed by atoms with E-state index in [1.807, 2.05) is 36.4 Å². The number of methoxy groups -OCH3 is 2. The Kier molecular flexibility index (Phi) is 4.48. The fourth-order valence-corrected chi connectivity index (χ4v) is 3.62. The molecule has 2 bridgehead atoms. The molecule has 2 saturated heterocycles. The van der Waals surface area contributed by atoms with Gasteiger partial charge in [-0.25, -0.2) is 0 Å². The number of hydrogen-bond acceptors (Lipinski definition) is 5. The van der Waals surface area contributed by atoms with E-state index in [9.17, 15) is 9.59 Å². The number of carbonyl (C=O) groups is 2. The van der Waals surface area contributed by atoms with E-state index >= 15 is 0 Å². The van der Waals surface area contributed by atoms with Crippen LogP contribution in [0.4, 0.5) is 0 Å². The average Bonchev–Trinajstić information content (AvgIpc) is 3.17. The zero-order valence-corrected chi connectivity index (χ0v) is 13.2. The van der Waals surface area contributed by atoms with E-state index in [-0.39, 0.29) is 18.1 Å². The Bertz CT molecular complexity index is 609. The van der Waals surface area contributed by atoms with Gasteiger partial charge in [0.2, 0.25) is 0 Å². The van der Waals surface area contributed by atoms with Gasteiger partial charge in [0, 0.05) is 5.92 Å². The van der Waals surface area contributed by atoms with Gasteiger partial charge in [0.15, 0.2) is 0 Å². The van der Waals surface area contributed by atoms with E-state index in [0.29, 0.717) is 6.42 Å². The summed E-state index contributed by atoms with van der Waals surface area (Å²) in [7, 11) is 2.66. The van der Waals surface area contributed by atoms with E-state index in [0.717, 1.165) is 5.56 Å². The molecule has 0 amide bonds. The minimum atomic E-state index is -0.600. The van der Waals surface area contributed by atoms with E-state index in [1.54, 1.807) is 0 Å². The Morgan fingerprint density at radius 2 is 1.74 bits per heavy atom. The van der Waals surface area contributed by atoms with Crippen LogP contribution < -0.4 is 0 Å². The normalized spacial score (nSPS) is 32.2. The van der Waals surface area contributed by atoms with E-state index in [1.165, 1.54) is 14.2 Å². The van der Waals surface area contributed by atoms with Gasteiger partial charge in [-0.05, 0) is 12.0 Å². The molecule has 2 fully saturated rings.